The van der Waals surface area contributed by atoms with Gasteiger partial charge in [-0.05, 0) is 24.6 Å². The van der Waals surface area contributed by atoms with E-state index < -0.39 is 10.0 Å². The van der Waals surface area contributed by atoms with Crippen molar-refractivity contribution >= 4 is 15.7 Å². The van der Waals surface area contributed by atoms with Gasteiger partial charge in [-0.3, -0.25) is 0 Å². The molecule has 6 heteroatoms. The van der Waals surface area contributed by atoms with Crippen molar-refractivity contribution in [2.45, 2.75) is 11.8 Å². The molecule has 0 bridgehead atoms. The number of nitrogens with one attached hydrogen (secondary N) is 1. The quantitative estimate of drug-likeness (QED) is 0.627. The van der Waals surface area contributed by atoms with Crippen molar-refractivity contribution in [3.8, 4) is 0 Å². The van der Waals surface area contributed by atoms with E-state index in [0.29, 0.717) is 11.3 Å². The number of aliphatic hydroxyl groups is 1. The fraction of sp³-hybridized carbons (Fsp3) is 0.333. The molecule has 0 atom stereocenters. The van der Waals surface area contributed by atoms with Crippen molar-refractivity contribution in [1.29, 1.82) is 0 Å². The monoisotopic (exact) mass is 230 g/mol. The molecule has 0 radical (unpaired) electrons. The van der Waals surface area contributed by atoms with E-state index >= 15 is 0 Å². The molecule has 0 aliphatic heterocycles. The first-order valence-corrected chi connectivity index (χ1v) is 5.93. The fourth-order valence-electron chi connectivity index (χ4n) is 1.18. The maximum atomic E-state index is 11.7. The average molecular weight is 230 g/mol. The minimum absolute atomic E-state index is 0.00340. The van der Waals surface area contributed by atoms with E-state index in [9.17, 15) is 8.42 Å². The maximum absolute atomic E-state index is 11.7. The molecule has 0 aromatic heterocycles. The van der Waals surface area contributed by atoms with Gasteiger partial charge in [0.25, 0.3) is 0 Å². The number of aliphatic hydroxyl groups excluding tert-OH is 1. The molecule has 0 aliphatic rings. The lowest BCUT2D eigenvalue weighted by Gasteiger charge is -2.09. The number of hydrogen-bond acceptors (Lipinski definition) is 4. The molecule has 0 unspecified atom stereocenters. The lowest BCUT2D eigenvalue weighted by Crippen LogP contribution is -2.27. The molecule has 0 saturated heterocycles. The Morgan fingerprint density at radius 1 is 1.47 bits per heavy atom. The van der Waals surface area contributed by atoms with Crippen LogP contribution in [0.1, 0.15) is 5.56 Å². The summed E-state index contributed by atoms with van der Waals surface area (Å²) in [6, 6.07) is 4.70. The Morgan fingerprint density at radius 3 is 2.73 bits per heavy atom. The van der Waals surface area contributed by atoms with Gasteiger partial charge in [0.1, 0.15) is 0 Å². The van der Waals surface area contributed by atoms with E-state index in [1.54, 1.807) is 19.1 Å². The molecule has 1 aromatic rings. The van der Waals surface area contributed by atoms with Crippen LogP contribution in [0.2, 0.25) is 0 Å². The Morgan fingerprint density at radius 2 is 2.13 bits per heavy atom. The molecule has 0 heterocycles. The second kappa shape index (κ2) is 4.61. The van der Waals surface area contributed by atoms with E-state index in [0.717, 1.165) is 0 Å². The third-order valence-electron chi connectivity index (χ3n) is 2.02. The van der Waals surface area contributed by atoms with Gasteiger partial charge >= 0.3 is 0 Å². The Labute approximate surface area is 89.0 Å². The van der Waals surface area contributed by atoms with Crippen LogP contribution >= 0.6 is 0 Å². The summed E-state index contributed by atoms with van der Waals surface area (Å²) in [5, 5.41) is 8.55. The molecule has 0 amide bonds. The van der Waals surface area contributed by atoms with Crippen LogP contribution in [0, 0.1) is 6.92 Å². The molecular weight excluding hydrogens is 216 g/mol. The van der Waals surface area contributed by atoms with Gasteiger partial charge in [0.2, 0.25) is 10.0 Å². The van der Waals surface area contributed by atoms with Crippen molar-refractivity contribution in [2.24, 2.45) is 0 Å². The summed E-state index contributed by atoms with van der Waals surface area (Å²) in [6.45, 7) is 1.40. The van der Waals surface area contributed by atoms with Crippen LogP contribution in [0.5, 0.6) is 0 Å². The predicted octanol–water partition coefficient (Wildman–Crippen LogP) is -0.152. The minimum Gasteiger partial charge on any atom is -0.398 e. The zero-order chi connectivity index (χ0) is 11.5. The van der Waals surface area contributed by atoms with Gasteiger partial charge in [0.15, 0.2) is 0 Å². The molecule has 0 aliphatic carbocycles. The minimum atomic E-state index is -3.57. The van der Waals surface area contributed by atoms with Gasteiger partial charge in [-0.15, -0.1) is 0 Å². The van der Waals surface area contributed by atoms with E-state index in [1.165, 1.54) is 6.07 Å². The topological polar surface area (TPSA) is 92.4 Å². The van der Waals surface area contributed by atoms with Crippen LogP contribution in [-0.4, -0.2) is 26.7 Å². The van der Waals surface area contributed by atoms with Crippen molar-refractivity contribution in [3.63, 3.8) is 0 Å². The predicted molar refractivity (Wildman–Crippen MR) is 57.9 cm³/mol. The van der Waals surface area contributed by atoms with Crippen molar-refractivity contribution in [1.82, 2.24) is 4.72 Å². The van der Waals surface area contributed by atoms with Crippen molar-refractivity contribution in [3.05, 3.63) is 23.8 Å². The molecule has 84 valence electrons. The van der Waals surface area contributed by atoms with E-state index in [4.69, 9.17) is 10.8 Å². The summed E-state index contributed by atoms with van der Waals surface area (Å²) in [6.07, 6.45) is 0. The first-order valence-electron chi connectivity index (χ1n) is 4.44. The Bertz CT molecular complexity index is 443. The SMILES string of the molecule is Cc1c(N)cccc1S(=O)(=O)NCCO. The molecule has 0 fully saturated rings. The number of benzene rings is 1. The van der Waals surface area contributed by atoms with E-state index in [1.807, 2.05) is 0 Å². The first-order chi connectivity index (χ1) is 6.99. The van der Waals surface area contributed by atoms with Crippen LogP contribution in [0.25, 0.3) is 0 Å². The number of nitrogen functional groups attached to an aromatic ring is 1. The molecule has 1 aromatic carbocycles. The molecule has 15 heavy (non-hydrogen) atoms. The Balaban J connectivity index is 3.10. The van der Waals surface area contributed by atoms with Gasteiger partial charge < -0.3 is 10.8 Å². The number of anilines is 1. The van der Waals surface area contributed by atoms with Gasteiger partial charge in [-0.1, -0.05) is 6.07 Å². The van der Waals surface area contributed by atoms with Gasteiger partial charge in [0.05, 0.1) is 11.5 Å². The lowest BCUT2D eigenvalue weighted by molar-refractivity contribution is 0.301. The van der Waals surface area contributed by atoms with Crippen LogP contribution in [0.15, 0.2) is 23.1 Å². The molecule has 1 rings (SSSR count). The first kappa shape index (κ1) is 12.0. The smallest absolute Gasteiger partial charge is 0.240 e. The maximum Gasteiger partial charge on any atom is 0.240 e. The Kier molecular flexibility index (Phi) is 3.67. The largest absolute Gasteiger partial charge is 0.398 e. The summed E-state index contributed by atoms with van der Waals surface area (Å²) in [7, 11) is -3.57. The number of hydrogen-bond donors (Lipinski definition) is 3. The second-order valence-corrected chi connectivity index (χ2v) is 4.83. The van der Waals surface area contributed by atoms with Crippen LogP contribution in [0.3, 0.4) is 0 Å². The lowest BCUT2D eigenvalue weighted by atomic mass is 10.2. The molecule has 0 saturated carbocycles. The average Bonchev–Trinajstić information content (AvgIpc) is 2.19. The molecule has 4 N–H and O–H groups in total. The summed E-state index contributed by atoms with van der Waals surface area (Å²) < 4.78 is 25.6. The second-order valence-electron chi connectivity index (χ2n) is 3.09. The zero-order valence-electron chi connectivity index (χ0n) is 8.40. The van der Waals surface area contributed by atoms with E-state index in [-0.39, 0.29) is 18.0 Å². The zero-order valence-corrected chi connectivity index (χ0v) is 9.21. The number of nitrogens with two attached hydrogens (primary N) is 1. The summed E-state index contributed by atoms with van der Waals surface area (Å²) in [5.74, 6) is 0. The molecule has 0 spiro atoms. The van der Waals surface area contributed by atoms with Crippen LogP contribution in [-0.2, 0) is 10.0 Å². The van der Waals surface area contributed by atoms with Crippen LogP contribution < -0.4 is 10.5 Å². The standard InChI is InChI=1S/C9H14N2O3S/c1-7-8(10)3-2-4-9(7)15(13,14)11-5-6-12/h2-4,11-12H,5-6,10H2,1H3. The molecule has 5 nitrogen and oxygen atoms in total. The van der Waals surface area contributed by atoms with E-state index in [2.05, 4.69) is 4.72 Å². The van der Waals surface area contributed by atoms with Crippen molar-refractivity contribution in [2.75, 3.05) is 18.9 Å². The normalized spacial score (nSPS) is 11.6. The van der Waals surface area contributed by atoms with Crippen molar-refractivity contribution < 1.29 is 13.5 Å². The fourth-order valence-corrected chi connectivity index (χ4v) is 2.47. The summed E-state index contributed by atoms with van der Waals surface area (Å²) >= 11 is 0. The third kappa shape index (κ3) is 2.68. The summed E-state index contributed by atoms with van der Waals surface area (Å²) in [5.41, 5.74) is 6.55. The third-order valence-corrected chi connectivity index (χ3v) is 3.62. The Hall–Kier alpha value is -1.11. The highest BCUT2D eigenvalue weighted by Gasteiger charge is 2.16. The van der Waals surface area contributed by atoms with Gasteiger partial charge in [0, 0.05) is 12.2 Å². The molecular formula is C9H14N2O3S. The highest BCUT2D eigenvalue weighted by Crippen LogP contribution is 2.19. The highest BCUT2D eigenvalue weighted by molar-refractivity contribution is 7.89. The van der Waals surface area contributed by atoms with Gasteiger partial charge in [-0.2, -0.15) is 0 Å². The number of sulfonamides is 1. The number of rotatable bonds is 4. The van der Waals surface area contributed by atoms with Crippen LogP contribution in [0.4, 0.5) is 5.69 Å². The van der Waals surface area contributed by atoms with Gasteiger partial charge in [-0.25, -0.2) is 13.1 Å². The highest BCUT2D eigenvalue weighted by atomic mass is 32.2. The summed E-state index contributed by atoms with van der Waals surface area (Å²) in [4.78, 5) is 0.149.